The first-order valence-electron chi connectivity index (χ1n) is 7.05. The van der Waals surface area contributed by atoms with E-state index in [0.29, 0.717) is 0 Å². The van der Waals surface area contributed by atoms with Gasteiger partial charge in [0.25, 0.3) is 0 Å². The number of rotatable bonds is 4. The number of aryl methyl sites for hydroxylation is 1. The van der Waals surface area contributed by atoms with Gasteiger partial charge in [-0.2, -0.15) is 0 Å². The Balaban J connectivity index is 1.75. The lowest BCUT2D eigenvalue weighted by atomic mass is 9.92. The summed E-state index contributed by atoms with van der Waals surface area (Å²) in [6, 6.07) is 8.28. The molecule has 100 valence electrons. The number of likely N-dealkylation sites (tertiary alicyclic amines) is 1. The van der Waals surface area contributed by atoms with Gasteiger partial charge in [-0.3, -0.25) is 4.90 Å². The highest BCUT2D eigenvalue weighted by atomic mass is 16.5. The fraction of sp³-hybridized carbons (Fsp3) is 0.625. The molecule has 0 aromatic heterocycles. The Kier molecular flexibility index (Phi) is 4.65. The lowest BCUT2D eigenvalue weighted by Gasteiger charge is -2.34. The van der Waals surface area contributed by atoms with Crippen molar-refractivity contribution in [3.8, 4) is 5.75 Å². The molecule has 1 fully saturated rings. The van der Waals surface area contributed by atoms with E-state index in [0.717, 1.165) is 30.7 Å². The van der Waals surface area contributed by atoms with Gasteiger partial charge in [0, 0.05) is 19.6 Å². The predicted octanol–water partition coefficient (Wildman–Crippen LogP) is 3.35. The number of benzene rings is 1. The Bertz CT molecular complexity index is 367. The van der Waals surface area contributed by atoms with Gasteiger partial charge in [-0.1, -0.05) is 26.0 Å². The van der Waals surface area contributed by atoms with Crippen LogP contribution in [0.25, 0.3) is 0 Å². The summed E-state index contributed by atoms with van der Waals surface area (Å²) in [6.07, 6.45) is 1.37. The van der Waals surface area contributed by atoms with Gasteiger partial charge in [0.1, 0.15) is 12.4 Å². The molecule has 0 bridgehead atoms. The van der Waals surface area contributed by atoms with Gasteiger partial charge in [0.15, 0.2) is 0 Å². The third-order valence-corrected chi connectivity index (χ3v) is 3.61. The van der Waals surface area contributed by atoms with Crippen LogP contribution in [0.1, 0.15) is 25.8 Å². The maximum absolute atomic E-state index is 5.82. The van der Waals surface area contributed by atoms with E-state index in [9.17, 15) is 0 Å². The number of hydrogen-bond acceptors (Lipinski definition) is 2. The minimum atomic E-state index is 0.795. The normalized spacial score (nSPS) is 25.1. The van der Waals surface area contributed by atoms with Gasteiger partial charge in [-0.25, -0.2) is 0 Å². The van der Waals surface area contributed by atoms with E-state index >= 15 is 0 Å². The highest BCUT2D eigenvalue weighted by Crippen LogP contribution is 2.20. The van der Waals surface area contributed by atoms with Gasteiger partial charge < -0.3 is 4.74 Å². The van der Waals surface area contributed by atoms with E-state index in [2.05, 4.69) is 43.9 Å². The Morgan fingerprint density at radius 3 is 2.61 bits per heavy atom. The molecule has 2 heteroatoms. The summed E-state index contributed by atoms with van der Waals surface area (Å²) in [5.41, 5.74) is 1.26. The standard InChI is InChI=1S/C16H25NO/c1-13-5-4-6-16(10-13)18-8-7-17-11-14(2)9-15(3)12-17/h4-6,10,14-15H,7-9,11-12H2,1-3H3. The Hall–Kier alpha value is -1.02. The van der Waals surface area contributed by atoms with Crippen LogP contribution in [-0.4, -0.2) is 31.1 Å². The average molecular weight is 247 g/mol. The third-order valence-electron chi connectivity index (χ3n) is 3.61. The summed E-state index contributed by atoms with van der Waals surface area (Å²) in [4.78, 5) is 2.54. The molecule has 0 radical (unpaired) electrons. The van der Waals surface area contributed by atoms with Crippen molar-refractivity contribution in [2.45, 2.75) is 27.2 Å². The van der Waals surface area contributed by atoms with Crippen LogP contribution in [0.4, 0.5) is 0 Å². The van der Waals surface area contributed by atoms with Crippen LogP contribution in [0.5, 0.6) is 5.75 Å². The molecular weight excluding hydrogens is 222 g/mol. The van der Waals surface area contributed by atoms with Crippen molar-refractivity contribution in [2.24, 2.45) is 11.8 Å². The van der Waals surface area contributed by atoms with Gasteiger partial charge in [0.05, 0.1) is 0 Å². The molecule has 2 atom stereocenters. The Morgan fingerprint density at radius 1 is 1.22 bits per heavy atom. The van der Waals surface area contributed by atoms with E-state index in [1.807, 2.05) is 6.07 Å². The molecule has 0 aliphatic carbocycles. The van der Waals surface area contributed by atoms with Crippen molar-refractivity contribution in [1.29, 1.82) is 0 Å². The van der Waals surface area contributed by atoms with E-state index < -0.39 is 0 Å². The van der Waals surface area contributed by atoms with Crippen LogP contribution < -0.4 is 4.74 Å². The second-order valence-corrected chi connectivity index (χ2v) is 5.87. The minimum Gasteiger partial charge on any atom is -0.492 e. The van der Waals surface area contributed by atoms with Crippen LogP contribution in [0.3, 0.4) is 0 Å². The Labute approximate surface area is 111 Å². The molecule has 0 amide bonds. The lowest BCUT2D eigenvalue weighted by Crippen LogP contribution is -2.40. The molecule has 2 nitrogen and oxygen atoms in total. The van der Waals surface area contributed by atoms with Crippen LogP contribution in [0, 0.1) is 18.8 Å². The van der Waals surface area contributed by atoms with Gasteiger partial charge in [-0.05, 0) is 42.9 Å². The van der Waals surface area contributed by atoms with E-state index in [1.54, 1.807) is 0 Å². The van der Waals surface area contributed by atoms with Crippen molar-refractivity contribution in [3.63, 3.8) is 0 Å². The van der Waals surface area contributed by atoms with Crippen molar-refractivity contribution in [3.05, 3.63) is 29.8 Å². The quantitative estimate of drug-likeness (QED) is 0.809. The summed E-state index contributed by atoms with van der Waals surface area (Å²) >= 11 is 0. The maximum Gasteiger partial charge on any atom is 0.119 e. The number of hydrogen-bond donors (Lipinski definition) is 0. The van der Waals surface area contributed by atoms with Crippen molar-refractivity contribution in [2.75, 3.05) is 26.2 Å². The molecule has 2 rings (SSSR count). The summed E-state index contributed by atoms with van der Waals surface area (Å²) in [6.45, 7) is 11.1. The first-order valence-corrected chi connectivity index (χ1v) is 7.05. The molecule has 0 spiro atoms. The van der Waals surface area contributed by atoms with Crippen molar-refractivity contribution < 1.29 is 4.74 Å². The molecule has 0 saturated carbocycles. The van der Waals surface area contributed by atoms with Crippen LogP contribution in [-0.2, 0) is 0 Å². The smallest absolute Gasteiger partial charge is 0.119 e. The second-order valence-electron chi connectivity index (χ2n) is 5.87. The molecule has 1 saturated heterocycles. The zero-order valence-corrected chi connectivity index (χ0v) is 11.9. The fourth-order valence-electron chi connectivity index (χ4n) is 2.97. The zero-order valence-electron chi connectivity index (χ0n) is 11.9. The monoisotopic (exact) mass is 247 g/mol. The molecule has 18 heavy (non-hydrogen) atoms. The minimum absolute atomic E-state index is 0.795. The summed E-state index contributed by atoms with van der Waals surface area (Å²) in [5.74, 6) is 2.65. The van der Waals surface area contributed by atoms with E-state index in [-0.39, 0.29) is 0 Å². The first-order chi connectivity index (χ1) is 8.63. The number of ether oxygens (including phenoxy) is 1. The molecule has 1 heterocycles. The summed E-state index contributed by atoms with van der Waals surface area (Å²) in [7, 11) is 0. The highest BCUT2D eigenvalue weighted by Gasteiger charge is 2.21. The van der Waals surface area contributed by atoms with Crippen molar-refractivity contribution in [1.82, 2.24) is 4.90 Å². The number of piperidine rings is 1. The molecule has 0 N–H and O–H groups in total. The molecule has 2 unspecified atom stereocenters. The molecule has 1 aliphatic heterocycles. The van der Waals surface area contributed by atoms with Crippen molar-refractivity contribution >= 4 is 0 Å². The van der Waals surface area contributed by atoms with Gasteiger partial charge in [-0.15, -0.1) is 0 Å². The second kappa shape index (κ2) is 6.24. The highest BCUT2D eigenvalue weighted by molar-refractivity contribution is 5.27. The topological polar surface area (TPSA) is 12.5 Å². The van der Waals surface area contributed by atoms with E-state index in [1.165, 1.54) is 25.1 Å². The lowest BCUT2D eigenvalue weighted by molar-refractivity contribution is 0.120. The average Bonchev–Trinajstić information content (AvgIpc) is 2.27. The number of nitrogens with zero attached hydrogens (tertiary/aromatic N) is 1. The molecule has 1 aromatic rings. The molecule has 1 aromatic carbocycles. The fourth-order valence-corrected chi connectivity index (χ4v) is 2.97. The van der Waals surface area contributed by atoms with Crippen LogP contribution in [0.15, 0.2) is 24.3 Å². The zero-order chi connectivity index (χ0) is 13.0. The SMILES string of the molecule is Cc1cccc(OCCN2CC(C)CC(C)C2)c1. The third kappa shape index (κ3) is 4.02. The summed E-state index contributed by atoms with van der Waals surface area (Å²) in [5, 5.41) is 0. The summed E-state index contributed by atoms with van der Waals surface area (Å²) < 4.78 is 5.82. The largest absolute Gasteiger partial charge is 0.492 e. The predicted molar refractivity (Wildman–Crippen MR) is 76.1 cm³/mol. The molecular formula is C16H25NO. The van der Waals surface area contributed by atoms with Crippen LogP contribution in [0.2, 0.25) is 0 Å². The molecule has 1 aliphatic rings. The van der Waals surface area contributed by atoms with Gasteiger partial charge >= 0.3 is 0 Å². The maximum atomic E-state index is 5.82. The van der Waals surface area contributed by atoms with E-state index in [4.69, 9.17) is 4.74 Å². The Morgan fingerprint density at radius 2 is 1.94 bits per heavy atom. The van der Waals surface area contributed by atoms with Gasteiger partial charge in [0.2, 0.25) is 0 Å². The first kappa shape index (κ1) is 13.4. The van der Waals surface area contributed by atoms with Crippen LogP contribution >= 0.6 is 0 Å².